The van der Waals surface area contributed by atoms with Crippen molar-refractivity contribution < 1.29 is 27.1 Å². The van der Waals surface area contributed by atoms with Crippen LogP contribution in [0.25, 0.3) is 11.1 Å². The number of benzene rings is 1. The van der Waals surface area contributed by atoms with Gasteiger partial charge in [-0.3, -0.25) is 14.3 Å². The van der Waals surface area contributed by atoms with E-state index in [0.29, 0.717) is 29.8 Å². The number of piperidine rings is 1. The van der Waals surface area contributed by atoms with Crippen LogP contribution in [0.1, 0.15) is 73.3 Å². The minimum absolute atomic E-state index is 0.0876. The van der Waals surface area contributed by atoms with E-state index < -0.39 is 45.8 Å². The zero-order valence-electron chi connectivity index (χ0n) is 22.6. The van der Waals surface area contributed by atoms with Crippen LogP contribution in [-0.2, 0) is 10.0 Å². The Morgan fingerprint density at radius 2 is 1.77 bits per heavy atom. The smallest absolute Gasteiger partial charge is 0.258 e. The van der Waals surface area contributed by atoms with Crippen LogP contribution < -0.4 is 20.9 Å². The number of halogens is 2. The Bertz CT molecular complexity index is 1470. The molecule has 12 heteroatoms. The molecule has 0 unspecified atom stereocenters. The molecule has 40 heavy (non-hydrogen) atoms. The van der Waals surface area contributed by atoms with Gasteiger partial charge in [0.2, 0.25) is 15.9 Å². The van der Waals surface area contributed by atoms with Crippen LogP contribution in [0.5, 0.6) is 0 Å². The van der Waals surface area contributed by atoms with Gasteiger partial charge in [-0.15, -0.1) is 0 Å². The highest BCUT2D eigenvalue weighted by Gasteiger charge is 2.45. The first-order chi connectivity index (χ1) is 18.8. The fourth-order valence-corrected chi connectivity index (χ4v) is 7.04. The second kappa shape index (κ2) is 10.4. The lowest BCUT2D eigenvalue weighted by Crippen LogP contribution is -2.37. The Kier molecular flexibility index (Phi) is 7.45. The van der Waals surface area contributed by atoms with Gasteiger partial charge in [-0.2, -0.15) is 0 Å². The molecule has 1 amide bonds. The second-order valence-electron chi connectivity index (χ2n) is 11.6. The van der Waals surface area contributed by atoms with Crippen LogP contribution in [0.15, 0.2) is 29.2 Å². The highest BCUT2D eigenvalue weighted by atomic mass is 32.2. The van der Waals surface area contributed by atoms with Crippen molar-refractivity contribution >= 4 is 27.3 Å². The fourth-order valence-electron chi connectivity index (χ4n) is 6.19. The molecule has 4 N–H and O–H groups in total. The summed E-state index contributed by atoms with van der Waals surface area (Å²) in [6, 6.07) is 4.06. The second-order valence-corrected chi connectivity index (χ2v) is 13.5. The van der Waals surface area contributed by atoms with Crippen molar-refractivity contribution in [1.29, 1.82) is 0 Å². The monoisotopic (exact) mass is 578 g/mol. The van der Waals surface area contributed by atoms with E-state index >= 15 is 0 Å². The third-order valence-corrected chi connectivity index (χ3v) is 9.95. The molecule has 2 heterocycles. The summed E-state index contributed by atoms with van der Waals surface area (Å²) in [5.41, 5.74) is 7.36. The topological polar surface area (TPSA) is 135 Å². The van der Waals surface area contributed by atoms with Crippen LogP contribution in [0, 0.1) is 12.3 Å². The number of amides is 1. The highest BCUT2D eigenvalue weighted by molar-refractivity contribution is 7.92. The van der Waals surface area contributed by atoms with Crippen molar-refractivity contribution in [2.75, 3.05) is 35.1 Å². The summed E-state index contributed by atoms with van der Waals surface area (Å²) in [7, 11) is -4.00. The first-order valence-electron chi connectivity index (χ1n) is 13.8. The van der Waals surface area contributed by atoms with E-state index in [1.807, 2.05) is 4.90 Å². The van der Waals surface area contributed by atoms with Crippen LogP contribution >= 0.6 is 0 Å². The molecule has 1 aliphatic heterocycles. The molecule has 2 aromatic rings. The molecule has 2 saturated carbocycles. The number of rotatable bonds is 8. The van der Waals surface area contributed by atoms with Crippen molar-refractivity contribution in [3.63, 3.8) is 0 Å². The summed E-state index contributed by atoms with van der Waals surface area (Å²) < 4.78 is 57.4. The molecule has 1 aromatic heterocycles. The lowest BCUT2D eigenvalue weighted by molar-refractivity contribution is -0.0442. The normalized spacial score (nSPS) is 20.4. The molecule has 0 radical (unpaired) electrons. The standard InChI is InChI=1S/C28H36F2N4O5S/c1-18-16-21(26(37)34(17-18)19-4-6-28(29,30)7-5-19)23-22(32-40(38,39)15-14-35)3-2-20(25(31)36)24(23)33-12-10-27(8-9-27)11-13-33/h2-3,16-17,19,32,35H,4-15H2,1H3,(H2,31,36). The molecule has 0 atom stereocenters. The van der Waals surface area contributed by atoms with Crippen molar-refractivity contribution in [1.82, 2.24) is 4.57 Å². The third kappa shape index (κ3) is 5.74. The lowest BCUT2D eigenvalue weighted by atomic mass is 9.90. The van der Waals surface area contributed by atoms with Gasteiger partial charge in [-0.05, 0) is 74.6 Å². The number of carbonyl (C=O) groups excluding carboxylic acids is 1. The van der Waals surface area contributed by atoms with Crippen molar-refractivity contribution in [3.8, 4) is 11.1 Å². The van der Waals surface area contributed by atoms with E-state index in [9.17, 15) is 31.9 Å². The Balaban J connectivity index is 1.70. The number of primary amides is 1. The maximum absolute atomic E-state index is 14.1. The predicted octanol–water partition coefficient (Wildman–Crippen LogP) is 3.79. The summed E-state index contributed by atoms with van der Waals surface area (Å²) in [6.45, 7) is 2.40. The number of hydrogen-bond acceptors (Lipinski definition) is 6. The van der Waals surface area contributed by atoms with Crippen molar-refractivity contribution in [2.24, 2.45) is 11.1 Å². The van der Waals surface area contributed by atoms with Crippen LogP contribution in [0.2, 0.25) is 0 Å². The van der Waals surface area contributed by atoms with E-state index in [1.54, 1.807) is 19.2 Å². The third-order valence-electron chi connectivity index (χ3n) is 8.70. The van der Waals surface area contributed by atoms with E-state index in [-0.39, 0.29) is 48.1 Å². The molecular weight excluding hydrogens is 542 g/mol. The minimum Gasteiger partial charge on any atom is -0.395 e. The van der Waals surface area contributed by atoms with Gasteiger partial charge in [-0.25, -0.2) is 17.2 Å². The Morgan fingerprint density at radius 1 is 1.12 bits per heavy atom. The molecule has 218 valence electrons. The molecule has 0 bridgehead atoms. The SMILES string of the molecule is Cc1cc(-c2c(NS(=O)(=O)CCO)ccc(C(N)=O)c2N2CCC3(CC2)CC3)c(=O)n(C2CCC(F)(F)CC2)c1. The van der Waals surface area contributed by atoms with E-state index in [4.69, 9.17) is 5.73 Å². The Hall–Kier alpha value is -2.99. The van der Waals surface area contributed by atoms with Gasteiger partial charge < -0.3 is 20.3 Å². The summed E-state index contributed by atoms with van der Waals surface area (Å²) >= 11 is 0. The number of carbonyl (C=O) groups is 1. The average molecular weight is 579 g/mol. The molecule has 2 aliphatic carbocycles. The zero-order chi connectivity index (χ0) is 28.9. The number of pyridine rings is 1. The number of hydrogen-bond donors (Lipinski definition) is 3. The van der Waals surface area contributed by atoms with E-state index in [0.717, 1.165) is 25.7 Å². The molecular formula is C28H36F2N4O5S. The molecule has 3 fully saturated rings. The van der Waals surface area contributed by atoms with Gasteiger partial charge in [0.15, 0.2) is 0 Å². The molecule has 1 spiro atoms. The van der Waals surface area contributed by atoms with Crippen LogP contribution in [0.3, 0.4) is 0 Å². The quantitative estimate of drug-likeness (QED) is 0.436. The van der Waals surface area contributed by atoms with E-state index in [1.165, 1.54) is 16.7 Å². The Labute approximate surface area is 232 Å². The summed E-state index contributed by atoms with van der Waals surface area (Å²) in [6.07, 6.45) is 5.38. The first-order valence-corrected chi connectivity index (χ1v) is 15.4. The van der Waals surface area contributed by atoms with Crippen LogP contribution in [0.4, 0.5) is 20.2 Å². The number of anilines is 2. The van der Waals surface area contributed by atoms with Crippen molar-refractivity contribution in [2.45, 2.75) is 70.3 Å². The van der Waals surface area contributed by atoms with Gasteiger partial charge in [0.25, 0.3) is 11.5 Å². The summed E-state index contributed by atoms with van der Waals surface area (Å²) in [5, 5.41) is 9.30. The van der Waals surface area contributed by atoms with Gasteiger partial charge in [0.1, 0.15) is 0 Å². The number of nitrogens with zero attached hydrogens (tertiary/aromatic N) is 2. The number of aryl methyl sites for hydroxylation is 1. The summed E-state index contributed by atoms with van der Waals surface area (Å²) in [4.78, 5) is 28.8. The molecule has 1 saturated heterocycles. The zero-order valence-corrected chi connectivity index (χ0v) is 23.4. The number of sulfonamides is 1. The largest absolute Gasteiger partial charge is 0.395 e. The number of alkyl halides is 2. The molecule has 9 nitrogen and oxygen atoms in total. The van der Waals surface area contributed by atoms with Crippen LogP contribution in [-0.4, -0.2) is 55.4 Å². The van der Waals surface area contributed by atoms with Gasteiger partial charge >= 0.3 is 0 Å². The average Bonchev–Trinajstić information content (AvgIpc) is 3.64. The predicted molar refractivity (Wildman–Crippen MR) is 149 cm³/mol. The molecule has 1 aromatic carbocycles. The van der Waals surface area contributed by atoms with E-state index in [2.05, 4.69) is 4.72 Å². The van der Waals surface area contributed by atoms with Crippen molar-refractivity contribution in [3.05, 3.63) is 45.9 Å². The fraction of sp³-hybridized carbons (Fsp3) is 0.571. The van der Waals surface area contributed by atoms with Gasteiger partial charge in [-0.1, -0.05) is 0 Å². The number of aliphatic hydroxyl groups is 1. The molecule has 5 rings (SSSR count). The maximum atomic E-state index is 14.1. The number of aliphatic hydroxyl groups excluding tert-OH is 1. The number of aromatic nitrogens is 1. The lowest BCUT2D eigenvalue weighted by Gasteiger charge is -2.36. The highest BCUT2D eigenvalue weighted by Crippen LogP contribution is 2.55. The first kappa shape index (κ1) is 28.5. The maximum Gasteiger partial charge on any atom is 0.258 e. The minimum atomic E-state index is -4.00. The number of nitrogens with two attached hydrogens (primary N) is 1. The van der Waals surface area contributed by atoms with Gasteiger partial charge in [0.05, 0.1) is 34.9 Å². The Morgan fingerprint density at radius 3 is 2.35 bits per heavy atom. The summed E-state index contributed by atoms with van der Waals surface area (Å²) in [5.74, 6) is -4.03. The van der Waals surface area contributed by atoms with Gasteiger partial charge in [0, 0.05) is 43.7 Å². The molecule has 3 aliphatic rings. The number of nitrogens with one attached hydrogen (secondary N) is 1.